The Morgan fingerprint density at radius 1 is 1.29 bits per heavy atom. The largest absolute Gasteiger partial charge is 0.345 e. The second-order valence-corrected chi connectivity index (χ2v) is 5.87. The van der Waals surface area contributed by atoms with Crippen LogP contribution in [0.5, 0.6) is 0 Å². The van der Waals surface area contributed by atoms with E-state index in [-0.39, 0.29) is 0 Å². The first kappa shape index (κ1) is 12.4. The summed E-state index contributed by atoms with van der Waals surface area (Å²) in [6.07, 6.45) is 2.22. The highest BCUT2D eigenvalue weighted by atomic mass is 32.1. The highest BCUT2D eigenvalue weighted by Crippen LogP contribution is 2.21. The molecule has 0 N–H and O–H groups in total. The second kappa shape index (κ2) is 4.65. The zero-order chi connectivity index (χ0) is 12.6. The first-order chi connectivity index (χ1) is 7.99. The van der Waals surface area contributed by atoms with Crippen LogP contribution in [0.15, 0.2) is 11.6 Å². The molecule has 2 aromatic rings. The molecule has 0 radical (unpaired) electrons. The highest BCUT2D eigenvalue weighted by Gasteiger charge is 2.09. The van der Waals surface area contributed by atoms with Crippen LogP contribution in [-0.4, -0.2) is 9.55 Å². The van der Waals surface area contributed by atoms with Crippen LogP contribution in [0.2, 0.25) is 0 Å². The van der Waals surface area contributed by atoms with Crippen LogP contribution < -0.4 is 0 Å². The lowest BCUT2D eigenvalue weighted by atomic mass is 10.2. The van der Waals surface area contributed by atoms with Gasteiger partial charge in [0.25, 0.3) is 0 Å². The summed E-state index contributed by atoms with van der Waals surface area (Å²) in [7, 11) is 0. The Kier molecular flexibility index (Phi) is 3.38. The fourth-order valence-electron chi connectivity index (χ4n) is 1.93. The monoisotopic (exact) mass is 248 g/mol. The molecule has 2 rings (SSSR count). The minimum absolute atomic E-state index is 0.531. The lowest BCUT2D eigenvalue weighted by molar-refractivity contribution is 0.744. The van der Waals surface area contributed by atoms with E-state index in [4.69, 9.17) is 0 Å². The summed E-state index contributed by atoms with van der Waals surface area (Å²) in [5.41, 5.74) is 5.28. The Bertz CT molecular complexity index is 520. The molecule has 0 aliphatic heterocycles. The van der Waals surface area contributed by atoms with Crippen molar-refractivity contribution >= 4 is 11.3 Å². The molecule has 0 saturated heterocycles. The van der Waals surface area contributed by atoms with E-state index in [1.807, 2.05) is 0 Å². The number of rotatable bonds is 3. The molecule has 0 aliphatic rings. The van der Waals surface area contributed by atoms with Crippen LogP contribution in [-0.2, 0) is 6.54 Å². The van der Waals surface area contributed by atoms with Crippen LogP contribution in [0.3, 0.4) is 0 Å². The van der Waals surface area contributed by atoms with Crippen molar-refractivity contribution in [3.8, 4) is 0 Å². The van der Waals surface area contributed by atoms with Gasteiger partial charge < -0.3 is 4.57 Å². The Morgan fingerprint density at radius 2 is 2.00 bits per heavy atom. The van der Waals surface area contributed by atoms with E-state index in [0.717, 1.165) is 6.54 Å². The molecule has 2 nitrogen and oxygen atoms in total. The molecule has 17 heavy (non-hydrogen) atoms. The molecule has 0 aliphatic carbocycles. The Labute approximate surface area is 107 Å². The third kappa shape index (κ3) is 2.44. The molecule has 2 aromatic heterocycles. The maximum absolute atomic E-state index is 4.68. The lowest BCUT2D eigenvalue weighted by Crippen LogP contribution is -2.01. The molecule has 92 valence electrons. The van der Waals surface area contributed by atoms with Gasteiger partial charge in [0.2, 0.25) is 0 Å². The van der Waals surface area contributed by atoms with Gasteiger partial charge in [-0.05, 0) is 31.9 Å². The first-order valence-corrected chi connectivity index (χ1v) is 6.94. The second-order valence-electron chi connectivity index (χ2n) is 4.98. The van der Waals surface area contributed by atoms with Gasteiger partial charge in [-0.2, -0.15) is 0 Å². The third-order valence-corrected chi connectivity index (χ3v) is 4.50. The number of hydrogen-bond acceptors (Lipinski definition) is 2. The molecule has 0 amide bonds. The van der Waals surface area contributed by atoms with E-state index >= 15 is 0 Å². The summed E-state index contributed by atoms with van der Waals surface area (Å²) >= 11 is 1.77. The van der Waals surface area contributed by atoms with Crippen molar-refractivity contribution in [1.29, 1.82) is 0 Å². The first-order valence-electron chi connectivity index (χ1n) is 6.06. The predicted molar refractivity (Wildman–Crippen MR) is 73.9 cm³/mol. The Balaban J connectivity index is 2.22. The number of hydrogen-bond donors (Lipinski definition) is 0. The molecule has 0 spiro atoms. The number of thiazole rings is 1. The SMILES string of the molecule is Cc1cn(Cc2csc(C(C)C)n2)c(C)c1C. The normalized spacial score (nSPS) is 11.4. The molecule has 0 aromatic carbocycles. The van der Waals surface area contributed by atoms with Gasteiger partial charge in [0.05, 0.1) is 17.2 Å². The molecule has 0 saturated carbocycles. The zero-order valence-corrected chi connectivity index (χ0v) is 12.1. The predicted octanol–water partition coefficient (Wildman–Crippen LogP) is 4.04. The van der Waals surface area contributed by atoms with E-state index in [2.05, 4.69) is 55.7 Å². The van der Waals surface area contributed by atoms with Gasteiger partial charge in [0, 0.05) is 23.2 Å². The van der Waals surface area contributed by atoms with Gasteiger partial charge in [-0.1, -0.05) is 13.8 Å². The minimum atomic E-state index is 0.531. The van der Waals surface area contributed by atoms with Crippen molar-refractivity contribution in [3.05, 3.63) is 39.1 Å². The number of nitrogens with zero attached hydrogens (tertiary/aromatic N) is 2. The summed E-state index contributed by atoms with van der Waals surface area (Å²) < 4.78 is 2.30. The van der Waals surface area contributed by atoms with Gasteiger partial charge >= 0.3 is 0 Å². The summed E-state index contributed by atoms with van der Waals surface area (Å²) in [5, 5.41) is 3.41. The van der Waals surface area contributed by atoms with Gasteiger partial charge in [0.1, 0.15) is 0 Å². The molecule has 2 heterocycles. The van der Waals surface area contributed by atoms with Crippen LogP contribution in [0.1, 0.15) is 47.3 Å². The average Bonchev–Trinajstić information content (AvgIpc) is 2.82. The van der Waals surface area contributed by atoms with Crippen molar-refractivity contribution in [2.24, 2.45) is 0 Å². The summed E-state index contributed by atoms with van der Waals surface area (Å²) in [6.45, 7) is 11.8. The standard InChI is InChI=1S/C14H20N2S/c1-9(2)14-15-13(8-17-14)7-16-6-10(3)11(4)12(16)5/h6,8-9H,7H2,1-5H3. The summed E-state index contributed by atoms with van der Waals surface area (Å²) in [5.74, 6) is 0.531. The summed E-state index contributed by atoms with van der Waals surface area (Å²) in [4.78, 5) is 4.68. The van der Waals surface area contributed by atoms with E-state index in [1.54, 1.807) is 11.3 Å². The molecular weight excluding hydrogens is 228 g/mol. The van der Waals surface area contributed by atoms with Crippen LogP contribution in [0.25, 0.3) is 0 Å². The topological polar surface area (TPSA) is 17.8 Å². The Morgan fingerprint density at radius 3 is 2.47 bits per heavy atom. The quantitative estimate of drug-likeness (QED) is 0.801. The maximum atomic E-state index is 4.68. The maximum Gasteiger partial charge on any atom is 0.0954 e. The minimum Gasteiger partial charge on any atom is -0.345 e. The third-order valence-electron chi connectivity index (χ3n) is 3.31. The van der Waals surface area contributed by atoms with Crippen molar-refractivity contribution in [3.63, 3.8) is 0 Å². The van der Waals surface area contributed by atoms with Crippen molar-refractivity contribution in [2.75, 3.05) is 0 Å². The number of aryl methyl sites for hydroxylation is 1. The van der Waals surface area contributed by atoms with Crippen LogP contribution in [0, 0.1) is 20.8 Å². The summed E-state index contributed by atoms with van der Waals surface area (Å²) in [6, 6.07) is 0. The van der Waals surface area contributed by atoms with Crippen molar-refractivity contribution in [1.82, 2.24) is 9.55 Å². The molecular formula is C14H20N2S. The van der Waals surface area contributed by atoms with E-state index in [0.29, 0.717) is 5.92 Å². The molecule has 0 unspecified atom stereocenters. The van der Waals surface area contributed by atoms with Gasteiger partial charge in [-0.15, -0.1) is 11.3 Å². The van der Waals surface area contributed by atoms with Crippen molar-refractivity contribution in [2.45, 2.75) is 47.1 Å². The average molecular weight is 248 g/mol. The molecule has 0 atom stereocenters. The zero-order valence-electron chi connectivity index (χ0n) is 11.2. The highest BCUT2D eigenvalue weighted by molar-refractivity contribution is 7.09. The van der Waals surface area contributed by atoms with E-state index in [9.17, 15) is 0 Å². The van der Waals surface area contributed by atoms with Crippen molar-refractivity contribution < 1.29 is 0 Å². The lowest BCUT2D eigenvalue weighted by Gasteiger charge is -2.04. The molecule has 0 fully saturated rings. The van der Waals surface area contributed by atoms with Crippen LogP contribution >= 0.6 is 11.3 Å². The van der Waals surface area contributed by atoms with Gasteiger partial charge in [0.15, 0.2) is 0 Å². The van der Waals surface area contributed by atoms with Crippen LogP contribution in [0.4, 0.5) is 0 Å². The fourth-order valence-corrected chi connectivity index (χ4v) is 2.75. The number of aromatic nitrogens is 2. The van der Waals surface area contributed by atoms with Gasteiger partial charge in [-0.3, -0.25) is 0 Å². The fraction of sp³-hybridized carbons (Fsp3) is 0.500. The van der Waals surface area contributed by atoms with Gasteiger partial charge in [-0.25, -0.2) is 4.98 Å². The molecule has 0 bridgehead atoms. The van der Waals surface area contributed by atoms with E-state index in [1.165, 1.54) is 27.5 Å². The molecule has 3 heteroatoms. The smallest absolute Gasteiger partial charge is 0.0954 e. The Hall–Kier alpha value is -1.09. The van der Waals surface area contributed by atoms with E-state index < -0.39 is 0 Å².